The van der Waals surface area contributed by atoms with E-state index in [-0.39, 0.29) is 35.7 Å². The van der Waals surface area contributed by atoms with Gasteiger partial charge < -0.3 is 25.2 Å². The van der Waals surface area contributed by atoms with Crippen molar-refractivity contribution in [3.63, 3.8) is 0 Å². The molecule has 9 heteroatoms. The van der Waals surface area contributed by atoms with Gasteiger partial charge in [0, 0.05) is 17.3 Å². The summed E-state index contributed by atoms with van der Waals surface area (Å²) in [5.41, 5.74) is 1.06. The van der Waals surface area contributed by atoms with Crippen LogP contribution in [0.2, 0.25) is 0 Å². The zero-order chi connectivity index (χ0) is 24.2. The Hall–Kier alpha value is -3.26. The van der Waals surface area contributed by atoms with Gasteiger partial charge >= 0.3 is 11.9 Å². The molecule has 2 saturated carbocycles. The van der Waals surface area contributed by atoms with Crippen molar-refractivity contribution >= 4 is 35.1 Å². The van der Waals surface area contributed by atoms with Crippen LogP contribution in [0.15, 0.2) is 36.4 Å². The van der Waals surface area contributed by atoms with Gasteiger partial charge in [0.1, 0.15) is 17.2 Å². The highest BCUT2D eigenvalue weighted by molar-refractivity contribution is 6.37. The predicted molar refractivity (Wildman–Crippen MR) is 126 cm³/mol. The molecule has 2 aliphatic rings. The predicted octanol–water partition coefficient (Wildman–Crippen LogP) is 4.34. The largest absolute Gasteiger partial charge is 0.507 e. The van der Waals surface area contributed by atoms with Crippen LogP contribution in [0.4, 0.5) is 5.69 Å². The number of carbonyl (C=O) groups excluding carboxylic acids is 3. The van der Waals surface area contributed by atoms with Crippen LogP contribution in [0, 0.1) is 11.8 Å². The number of anilines is 1. The topological polar surface area (TPSA) is 114 Å². The highest BCUT2D eigenvalue weighted by atomic mass is 35.5. The van der Waals surface area contributed by atoms with E-state index < -0.39 is 11.9 Å². The molecule has 0 saturated heterocycles. The van der Waals surface area contributed by atoms with Gasteiger partial charge in [-0.3, -0.25) is 9.59 Å². The van der Waals surface area contributed by atoms with Gasteiger partial charge in [0.2, 0.25) is 0 Å². The molecule has 8 nitrogen and oxygen atoms in total. The molecule has 34 heavy (non-hydrogen) atoms. The molecular weight excluding hydrogens is 460 g/mol. The van der Waals surface area contributed by atoms with Crippen molar-refractivity contribution < 1.29 is 29.0 Å². The first-order chi connectivity index (χ1) is 16.4. The first kappa shape index (κ1) is 23.9. The van der Waals surface area contributed by atoms with Crippen LogP contribution < -0.4 is 15.4 Å². The lowest BCUT2D eigenvalue weighted by atomic mass is 9.95. The molecule has 2 aliphatic carbocycles. The fourth-order valence-corrected chi connectivity index (χ4v) is 5.00. The third-order valence-electron chi connectivity index (χ3n) is 6.42. The van der Waals surface area contributed by atoms with E-state index in [2.05, 4.69) is 15.4 Å². The van der Waals surface area contributed by atoms with Gasteiger partial charge in [-0.2, -0.15) is 0 Å². The third kappa shape index (κ3) is 5.28. The second-order valence-corrected chi connectivity index (χ2v) is 8.93. The number of nitrogens with one attached hydrogen (secondary N) is 2. The minimum atomic E-state index is -0.976. The average Bonchev–Trinajstić information content (AvgIpc) is 3.44. The highest BCUT2D eigenvalue weighted by Gasteiger charge is 2.40. The quantitative estimate of drug-likeness (QED) is 0.304. The Labute approximate surface area is 202 Å². The Kier molecular flexibility index (Phi) is 7.26. The number of alkyl halides is 1. The van der Waals surface area contributed by atoms with Crippen LogP contribution in [0.3, 0.4) is 0 Å². The second-order valence-electron chi connectivity index (χ2n) is 8.67. The van der Waals surface area contributed by atoms with Gasteiger partial charge in [0.05, 0.1) is 18.1 Å². The van der Waals surface area contributed by atoms with Crippen LogP contribution in [-0.4, -0.2) is 35.5 Å². The van der Waals surface area contributed by atoms with E-state index in [1.54, 1.807) is 31.2 Å². The monoisotopic (exact) mass is 486 g/mol. The summed E-state index contributed by atoms with van der Waals surface area (Å²) in [4.78, 5) is 36.2. The summed E-state index contributed by atoms with van der Waals surface area (Å²) in [7, 11) is 0. The summed E-state index contributed by atoms with van der Waals surface area (Å²) in [6, 6.07) is 9.36. The number of hydrogen-bond acceptors (Lipinski definition) is 6. The van der Waals surface area contributed by atoms with Crippen molar-refractivity contribution in [3.8, 4) is 17.2 Å². The second kappa shape index (κ2) is 10.3. The number of halogens is 1. The van der Waals surface area contributed by atoms with Crippen molar-refractivity contribution in [2.45, 2.75) is 44.5 Å². The molecule has 0 radical (unpaired) electrons. The molecule has 0 aromatic heterocycles. The third-order valence-corrected chi connectivity index (χ3v) is 6.71. The van der Waals surface area contributed by atoms with E-state index in [1.165, 1.54) is 18.6 Å². The van der Waals surface area contributed by atoms with E-state index in [0.29, 0.717) is 34.6 Å². The number of amides is 2. The number of benzene rings is 2. The first-order valence-electron chi connectivity index (χ1n) is 11.4. The fraction of sp³-hybridized carbons (Fsp3) is 0.400. The summed E-state index contributed by atoms with van der Waals surface area (Å²) in [6.07, 6.45) is 4.53. The van der Waals surface area contributed by atoms with Crippen LogP contribution in [0.5, 0.6) is 17.2 Å². The Morgan fingerprint density at radius 3 is 2.62 bits per heavy atom. The van der Waals surface area contributed by atoms with Gasteiger partial charge in [-0.1, -0.05) is 6.42 Å². The number of aromatic hydroxyl groups is 1. The molecule has 2 bridgehead atoms. The molecule has 4 rings (SSSR count). The average molecular weight is 487 g/mol. The van der Waals surface area contributed by atoms with Gasteiger partial charge in [-0.15, -0.1) is 11.6 Å². The maximum atomic E-state index is 12.8. The fourth-order valence-electron chi connectivity index (χ4n) is 4.80. The standard InChI is InChI=1S/C25H27ClN2O6/c1-2-33-25(32)24(31)27-17-5-8-22(16(11-17)13-26)34-18-6-7-21(29)19(12-18)23(30)28-20-10-14-3-4-15(20)9-14/h5-8,11-12,14-15,20,29H,2-4,9-10,13H2,1H3,(H,27,31)(H,28,30). The molecule has 3 N–H and O–H groups in total. The van der Waals surface area contributed by atoms with Gasteiger partial charge in [0.25, 0.3) is 5.91 Å². The van der Waals surface area contributed by atoms with Crippen LogP contribution in [-0.2, 0) is 20.2 Å². The number of phenolic OH excluding ortho intramolecular Hbond substituents is 1. The molecule has 0 heterocycles. The molecule has 3 unspecified atom stereocenters. The molecule has 0 spiro atoms. The smallest absolute Gasteiger partial charge is 0.397 e. The van der Waals surface area contributed by atoms with E-state index >= 15 is 0 Å². The van der Waals surface area contributed by atoms with Crippen LogP contribution in [0.1, 0.15) is 48.5 Å². The molecule has 2 amide bonds. The highest BCUT2D eigenvalue weighted by Crippen LogP contribution is 2.44. The molecule has 2 aromatic carbocycles. The van der Waals surface area contributed by atoms with Crippen LogP contribution >= 0.6 is 11.6 Å². The number of esters is 1. The molecule has 0 aliphatic heterocycles. The van der Waals surface area contributed by atoms with Crippen molar-refractivity contribution in [1.29, 1.82) is 0 Å². The Bertz CT molecular complexity index is 1100. The van der Waals surface area contributed by atoms with Gasteiger partial charge in [0.15, 0.2) is 0 Å². The van der Waals surface area contributed by atoms with E-state index in [0.717, 1.165) is 19.3 Å². The summed E-state index contributed by atoms with van der Waals surface area (Å²) in [6.45, 7) is 1.71. The maximum absolute atomic E-state index is 12.8. The number of hydrogen-bond donors (Lipinski definition) is 3. The van der Waals surface area contributed by atoms with Crippen molar-refractivity contribution in [1.82, 2.24) is 5.32 Å². The molecular formula is C25H27ClN2O6. The molecule has 3 atom stereocenters. The van der Waals surface area contributed by atoms with Crippen LogP contribution in [0.25, 0.3) is 0 Å². The number of ether oxygens (including phenoxy) is 2. The number of carbonyl (C=O) groups is 3. The number of fused-ring (bicyclic) bond motifs is 2. The number of phenols is 1. The SMILES string of the molecule is CCOC(=O)C(=O)Nc1ccc(Oc2ccc(O)c(C(=O)NC3CC4CCC3C4)c2)c(CCl)c1. The van der Waals surface area contributed by atoms with Crippen molar-refractivity contribution in [2.24, 2.45) is 11.8 Å². The first-order valence-corrected chi connectivity index (χ1v) is 11.9. The Balaban J connectivity index is 1.46. The summed E-state index contributed by atoms with van der Waals surface area (Å²) < 4.78 is 10.6. The lowest BCUT2D eigenvalue weighted by Gasteiger charge is -2.23. The normalized spacial score (nSPS) is 20.6. The molecule has 2 fully saturated rings. The Morgan fingerprint density at radius 2 is 1.94 bits per heavy atom. The summed E-state index contributed by atoms with van der Waals surface area (Å²) in [5.74, 6) is -0.259. The summed E-state index contributed by atoms with van der Waals surface area (Å²) >= 11 is 6.06. The van der Waals surface area contributed by atoms with Crippen molar-refractivity contribution in [3.05, 3.63) is 47.5 Å². The summed E-state index contributed by atoms with van der Waals surface area (Å²) in [5, 5.41) is 15.8. The minimum Gasteiger partial charge on any atom is -0.507 e. The molecule has 180 valence electrons. The van der Waals surface area contributed by atoms with E-state index in [9.17, 15) is 19.5 Å². The lowest BCUT2D eigenvalue weighted by molar-refractivity contribution is -0.152. The zero-order valence-corrected chi connectivity index (χ0v) is 19.6. The number of rotatable bonds is 7. The van der Waals surface area contributed by atoms with Crippen molar-refractivity contribution in [2.75, 3.05) is 11.9 Å². The van der Waals surface area contributed by atoms with Gasteiger partial charge in [-0.05, 0) is 74.4 Å². The molecule has 2 aromatic rings. The maximum Gasteiger partial charge on any atom is 0.397 e. The van der Waals surface area contributed by atoms with E-state index in [4.69, 9.17) is 16.3 Å². The lowest BCUT2D eigenvalue weighted by Crippen LogP contribution is -2.38. The zero-order valence-electron chi connectivity index (χ0n) is 18.8. The van der Waals surface area contributed by atoms with E-state index in [1.807, 2.05) is 0 Å². The Morgan fingerprint density at radius 1 is 1.12 bits per heavy atom. The van der Waals surface area contributed by atoms with Gasteiger partial charge in [-0.25, -0.2) is 4.79 Å². The minimum absolute atomic E-state index is 0.0775.